The maximum Gasteiger partial charge on any atom is 0.436 e. The highest BCUT2D eigenvalue weighted by molar-refractivity contribution is 9.10. The predicted octanol–water partition coefficient (Wildman–Crippen LogP) is 3.13. The number of hydrogen-bond donors (Lipinski definition) is 0. The quantitative estimate of drug-likeness (QED) is 0.617. The second-order valence-corrected chi connectivity index (χ2v) is 4.29. The summed E-state index contributed by atoms with van der Waals surface area (Å²) in [6.07, 6.45) is -3.27. The topological polar surface area (TPSA) is 41.4 Å². The molecule has 0 unspecified atom stereocenters. The highest BCUT2D eigenvalue weighted by atomic mass is 79.9. The highest BCUT2D eigenvalue weighted by Crippen LogP contribution is 2.35. The zero-order valence-electron chi connectivity index (χ0n) is 8.76. The highest BCUT2D eigenvalue weighted by Gasteiger charge is 2.37. The van der Waals surface area contributed by atoms with Crippen LogP contribution in [0.1, 0.15) is 5.69 Å². The van der Waals surface area contributed by atoms with Gasteiger partial charge in [-0.3, -0.25) is 0 Å². The van der Waals surface area contributed by atoms with Gasteiger partial charge in [0.05, 0.1) is 6.34 Å². The third kappa shape index (κ3) is 3.81. The Labute approximate surface area is 109 Å². The molecule has 0 aliphatic rings. The van der Waals surface area contributed by atoms with Gasteiger partial charge in [-0.2, -0.15) is 13.2 Å². The predicted molar refractivity (Wildman–Crippen MR) is 61.6 cm³/mol. The molecular weight excluding hydrogens is 324 g/mol. The molecule has 1 aromatic rings. The summed E-state index contributed by atoms with van der Waals surface area (Å²) in [6, 6.07) is 0. The van der Waals surface area contributed by atoms with Crippen molar-refractivity contribution in [2.45, 2.75) is 6.18 Å². The first-order chi connectivity index (χ1) is 7.71. The number of halogens is 5. The van der Waals surface area contributed by atoms with E-state index in [1.807, 2.05) is 0 Å². The number of hydrogen-bond acceptors (Lipinski definition) is 3. The molecule has 0 saturated heterocycles. The lowest BCUT2D eigenvalue weighted by atomic mass is 10.4. The van der Waals surface area contributed by atoms with Gasteiger partial charge in [0.1, 0.15) is 0 Å². The summed E-state index contributed by atoms with van der Waals surface area (Å²) in [5, 5.41) is -0.730. The van der Waals surface area contributed by atoms with Gasteiger partial charge in [-0.25, -0.2) is 15.0 Å². The Morgan fingerprint density at radius 2 is 1.94 bits per heavy atom. The number of rotatable bonds is 2. The smallest absolute Gasteiger partial charge is 0.369 e. The fourth-order valence-corrected chi connectivity index (χ4v) is 1.42. The van der Waals surface area contributed by atoms with Crippen molar-refractivity contribution in [3.05, 3.63) is 15.5 Å². The van der Waals surface area contributed by atoms with Crippen LogP contribution in [0.4, 0.5) is 19.0 Å². The lowest BCUT2D eigenvalue weighted by molar-refractivity contribution is -0.141. The monoisotopic (exact) mass is 330 g/mol. The number of alkyl halides is 3. The second kappa shape index (κ2) is 5.18. The maximum atomic E-state index is 12.4. The second-order valence-electron chi connectivity index (χ2n) is 3.18. The van der Waals surface area contributed by atoms with Crippen molar-refractivity contribution in [3.63, 3.8) is 0 Å². The Hall–Kier alpha value is -0.890. The first-order valence-corrected chi connectivity index (χ1v) is 5.39. The van der Waals surface area contributed by atoms with E-state index < -0.39 is 17.0 Å². The number of nitrogens with zero attached hydrogens (tertiary/aromatic N) is 4. The average molecular weight is 332 g/mol. The standard InChI is InChI=1S/C8H7BrClF3N4/c1-17(2)3-14-7-5(9)15-4(6(10)16-7)8(11,12)13/h3H,1-2H3. The summed E-state index contributed by atoms with van der Waals surface area (Å²) in [7, 11) is 3.41. The molecule has 0 bridgehead atoms. The molecule has 0 fully saturated rings. The van der Waals surface area contributed by atoms with Crippen LogP contribution in [0.2, 0.25) is 5.15 Å². The van der Waals surface area contributed by atoms with Crippen LogP contribution in [0.15, 0.2) is 9.60 Å². The minimum absolute atomic E-state index is 0.0169. The van der Waals surface area contributed by atoms with Gasteiger partial charge in [0.15, 0.2) is 21.3 Å². The van der Waals surface area contributed by atoms with Crippen LogP contribution < -0.4 is 0 Å². The van der Waals surface area contributed by atoms with E-state index in [4.69, 9.17) is 11.6 Å². The van der Waals surface area contributed by atoms with Gasteiger partial charge in [-0.1, -0.05) is 11.6 Å². The fraction of sp³-hybridized carbons (Fsp3) is 0.375. The summed E-state index contributed by atoms with van der Waals surface area (Å²) in [5.74, 6) is -0.0169. The largest absolute Gasteiger partial charge is 0.436 e. The minimum atomic E-state index is -4.64. The molecule has 0 spiro atoms. The van der Waals surface area contributed by atoms with E-state index in [1.54, 1.807) is 19.0 Å². The SMILES string of the molecule is CN(C)C=Nc1nc(Cl)c(C(F)(F)F)nc1Br. The first-order valence-electron chi connectivity index (χ1n) is 4.22. The summed E-state index contributed by atoms with van der Waals surface area (Å²) in [5.41, 5.74) is -1.24. The molecule has 0 amide bonds. The van der Waals surface area contributed by atoms with Crippen LogP contribution in [-0.2, 0) is 6.18 Å². The molecule has 0 atom stereocenters. The molecule has 0 N–H and O–H groups in total. The van der Waals surface area contributed by atoms with Crippen molar-refractivity contribution < 1.29 is 13.2 Å². The zero-order chi connectivity index (χ0) is 13.2. The van der Waals surface area contributed by atoms with Crippen molar-refractivity contribution in [2.75, 3.05) is 14.1 Å². The first kappa shape index (κ1) is 14.2. The lowest BCUT2D eigenvalue weighted by Gasteiger charge is -2.09. The van der Waals surface area contributed by atoms with Crippen LogP contribution in [0.3, 0.4) is 0 Å². The molecule has 4 nitrogen and oxygen atoms in total. The molecule has 0 aromatic carbocycles. The van der Waals surface area contributed by atoms with E-state index >= 15 is 0 Å². The van der Waals surface area contributed by atoms with Gasteiger partial charge >= 0.3 is 6.18 Å². The number of aromatic nitrogens is 2. The van der Waals surface area contributed by atoms with Crippen molar-refractivity contribution in [1.29, 1.82) is 0 Å². The van der Waals surface area contributed by atoms with E-state index in [0.29, 0.717) is 0 Å². The van der Waals surface area contributed by atoms with Crippen molar-refractivity contribution in [3.8, 4) is 0 Å². The molecule has 1 rings (SSSR count). The fourth-order valence-electron chi connectivity index (χ4n) is 0.819. The molecular formula is C8H7BrClF3N4. The Bertz CT molecular complexity index is 447. The molecule has 0 radical (unpaired) electrons. The van der Waals surface area contributed by atoms with Crippen LogP contribution in [0.5, 0.6) is 0 Å². The molecule has 0 aliphatic heterocycles. The van der Waals surface area contributed by atoms with Crippen molar-refractivity contribution in [2.24, 2.45) is 4.99 Å². The van der Waals surface area contributed by atoms with E-state index in [9.17, 15) is 13.2 Å². The van der Waals surface area contributed by atoms with Crippen LogP contribution in [-0.4, -0.2) is 35.3 Å². The maximum absolute atomic E-state index is 12.4. The summed E-state index contributed by atoms with van der Waals surface area (Å²) >= 11 is 8.26. The van der Waals surface area contributed by atoms with Crippen LogP contribution >= 0.6 is 27.5 Å². The molecule has 17 heavy (non-hydrogen) atoms. The lowest BCUT2D eigenvalue weighted by Crippen LogP contribution is -2.11. The molecule has 1 heterocycles. The third-order valence-corrected chi connectivity index (χ3v) is 2.27. The molecule has 0 aliphatic carbocycles. The Morgan fingerprint density at radius 1 is 1.35 bits per heavy atom. The van der Waals surface area contributed by atoms with Crippen LogP contribution in [0, 0.1) is 0 Å². The summed E-state index contributed by atoms with van der Waals surface area (Å²) in [6.45, 7) is 0. The van der Waals surface area contributed by atoms with Crippen molar-refractivity contribution in [1.82, 2.24) is 14.9 Å². The van der Waals surface area contributed by atoms with Crippen molar-refractivity contribution >= 4 is 39.7 Å². The van der Waals surface area contributed by atoms with E-state index in [2.05, 4.69) is 30.9 Å². The van der Waals surface area contributed by atoms with Gasteiger partial charge in [0.2, 0.25) is 0 Å². The van der Waals surface area contributed by atoms with Gasteiger partial charge in [0.25, 0.3) is 0 Å². The Kier molecular flexibility index (Phi) is 4.31. The summed E-state index contributed by atoms with van der Waals surface area (Å²) < 4.78 is 37.1. The van der Waals surface area contributed by atoms with Crippen LogP contribution in [0.25, 0.3) is 0 Å². The van der Waals surface area contributed by atoms with E-state index in [-0.39, 0.29) is 10.4 Å². The Morgan fingerprint density at radius 3 is 2.41 bits per heavy atom. The molecule has 1 aromatic heterocycles. The third-order valence-electron chi connectivity index (χ3n) is 1.47. The molecule has 9 heteroatoms. The average Bonchev–Trinajstić information content (AvgIpc) is 2.17. The molecule has 94 valence electrons. The van der Waals surface area contributed by atoms with Gasteiger partial charge < -0.3 is 4.90 Å². The minimum Gasteiger partial charge on any atom is -0.369 e. The van der Waals surface area contributed by atoms with Gasteiger partial charge in [-0.15, -0.1) is 0 Å². The zero-order valence-corrected chi connectivity index (χ0v) is 11.1. The normalized spacial score (nSPS) is 12.2. The van der Waals surface area contributed by atoms with E-state index in [0.717, 1.165) is 0 Å². The number of aliphatic imine (C=N–C) groups is 1. The van der Waals surface area contributed by atoms with Gasteiger partial charge in [-0.05, 0) is 15.9 Å². The molecule has 0 saturated carbocycles. The summed E-state index contributed by atoms with van der Waals surface area (Å²) in [4.78, 5) is 12.2. The Balaban J connectivity index is 3.19. The van der Waals surface area contributed by atoms with E-state index in [1.165, 1.54) is 6.34 Å². The van der Waals surface area contributed by atoms with Gasteiger partial charge in [0, 0.05) is 14.1 Å².